The van der Waals surface area contributed by atoms with Crippen molar-refractivity contribution in [1.29, 1.82) is 0 Å². The van der Waals surface area contributed by atoms with Gasteiger partial charge in [0.1, 0.15) is 0 Å². The highest BCUT2D eigenvalue weighted by Crippen LogP contribution is 2.16. The highest BCUT2D eigenvalue weighted by Gasteiger charge is 2.16. The van der Waals surface area contributed by atoms with Crippen molar-refractivity contribution in [2.45, 2.75) is 38.5 Å². The zero-order valence-electron chi connectivity index (χ0n) is 12.2. The topological polar surface area (TPSA) is 75.3 Å². The number of carbonyl (C=O) groups is 1. The van der Waals surface area contributed by atoms with Crippen LogP contribution in [0.2, 0.25) is 0 Å². The van der Waals surface area contributed by atoms with Crippen molar-refractivity contribution in [3.63, 3.8) is 0 Å². The van der Waals surface area contributed by atoms with E-state index >= 15 is 0 Å². The Morgan fingerprint density at radius 3 is 2.60 bits per heavy atom. The van der Waals surface area contributed by atoms with Crippen molar-refractivity contribution in [2.75, 3.05) is 13.1 Å². The van der Waals surface area contributed by atoms with Crippen LogP contribution in [0.15, 0.2) is 23.1 Å². The number of hydrogen-bond acceptors (Lipinski definition) is 3. The van der Waals surface area contributed by atoms with E-state index in [9.17, 15) is 13.2 Å². The normalized spacial score (nSPS) is 11.3. The van der Waals surface area contributed by atoms with Crippen LogP contribution >= 0.6 is 0 Å². The number of rotatable bonds is 7. The lowest BCUT2D eigenvalue weighted by atomic mass is 10.2. The first kappa shape index (κ1) is 16.7. The minimum absolute atomic E-state index is 0.0570. The average Bonchev–Trinajstić information content (AvgIpc) is 2.38. The van der Waals surface area contributed by atoms with Gasteiger partial charge in [0.05, 0.1) is 4.90 Å². The summed E-state index contributed by atoms with van der Waals surface area (Å²) in [6, 6.07) is 5.32. The summed E-state index contributed by atoms with van der Waals surface area (Å²) in [6.07, 6.45) is 0.805. The van der Waals surface area contributed by atoms with Crippen LogP contribution in [0.3, 0.4) is 0 Å². The molecule has 0 bridgehead atoms. The van der Waals surface area contributed by atoms with E-state index in [-0.39, 0.29) is 12.5 Å². The molecule has 0 heterocycles. The van der Waals surface area contributed by atoms with Gasteiger partial charge in [0, 0.05) is 19.5 Å². The van der Waals surface area contributed by atoms with Crippen molar-refractivity contribution in [3.05, 3.63) is 29.3 Å². The van der Waals surface area contributed by atoms with Crippen LogP contribution in [0.5, 0.6) is 0 Å². The molecule has 1 aromatic rings. The summed E-state index contributed by atoms with van der Waals surface area (Å²) in [5.74, 6) is -0.0570. The molecule has 0 aromatic heterocycles. The highest BCUT2D eigenvalue weighted by molar-refractivity contribution is 7.89. The van der Waals surface area contributed by atoms with Gasteiger partial charge in [0.2, 0.25) is 15.9 Å². The van der Waals surface area contributed by atoms with Crippen LogP contribution < -0.4 is 10.0 Å². The third-order valence-corrected chi connectivity index (χ3v) is 4.48. The molecule has 5 nitrogen and oxygen atoms in total. The second-order valence-corrected chi connectivity index (χ2v) is 6.46. The van der Waals surface area contributed by atoms with E-state index in [1.807, 2.05) is 19.9 Å². The predicted octanol–water partition coefficient (Wildman–Crippen LogP) is 1.50. The van der Waals surface area contributed by atoms with E-state index in [1.165, 1.54) is 0 Å². The molecule has 0 spiro atoms. The fourth-order valence-electron chi connectivity index (χ4n) is 1.82. The lowest BCUT2D eigenvalue weighted by Gasteiger charge is -2.10. The third-order valence-electron chi connectivity index (χ3n) is 2.88. The number of hydrogen-bond donors (Lipinski definition) is 2. The molecule has 6 heteroatoms. The Kier molecular flexibility index (Phi) is 6.16. The third kappa shape index (κ3) is 4.94. The van der Waals surface area contributed by atoms with Crippen molar-refractivity contribution in [1.82, 2.24) is 10.0 Å². The second-order valence-electron chi connectivity index (χ2n) is 4.72. The molecule has 2 N–H and O–H groups in total. The molecule has 0 saturated heterocycles. The molecule has 0 aliphatic carbocycles. The summed E-state index contributed by atoms with van der Waals surface area (Å²) in [5.41, 5.74) is 1.62. The van der Waals surface area contributed by atoms with Gasteiger partial charge < -0.3 is 5.32 Å². The molecule has 0 unspecified atom stereocenters. The standard InChI is InChI=1S/C14H22N2O3S/c1-4-15-14(17)6-5-9-16-20(18,19)13-10-11(2)7-8-12(13)3/h7-8,10,16H,4-6,9H2,1-3H3,(H,15,17). The Morgan fingerprint density at radius 1 is 1.25 bits per heavy atom. The minimum Gasteiger partial charge on any atom is -0.356 e. The number of nitrogens with one attached hydrogen (secondary N) is 2. The number of amides is 1. The van der Waals surface area contributed by atoms with Crippen molar-refractivity contribution in [2.24, 2.45) is 0 Å². The van der Waals surface area contributed by atoms with Gasteiger partial charge in [-0.25, -0.2) is 13.1 Å². The summed E-state index contributed by atoms with van der Waals surface area (Å²) in [5, 5.41) is 2.68. The van der Waals surface area contributed by atoms with Crippen LogP contribution in [-0.2, 0) is 14.8 Å². The zero-order chi connectivity index (χ0) is 15.2. The summed E-state index contributed by atoms with van der Waals surface area (Å²) < 4.78 is 26.9. The summed E-state index contributed by atoms with van der Waals surface area (Å²) in [6.45, 7) is 6.32. The van der Waals surface area contributed by atoms with Gasteiger partial charge in [0.15, 0.2) is 0 Å². The van der Waals surface area contributed by atoms with Crippen molar-refractivity contribution >= 4 is 15.9 Å². The Hall–Kier alpha value is -1.40. The molecule has 0 atom stereocenters. The second kappa shape index (κ2) is 7.40. The molecule has 0 aliphatic heterocycles. The predicted molar refractivity (Wildman–Crippen MR) is 79.0 cm³/mol. The molecular formula is C14H22N2O3S. The van der Waals surface area contributed by atoms with Gasteiger partial charge >= 0.3 is 0 Å². The SMILES string of the molecule is CCNC(=O)CCCNS(=O)(=O)c1cc(C)ccc1C. The summed E-state index contributed by atoms with van der Waals surface area (Å²) >= 11 is 0. The lowest BCUT2D eigenvalue weighted by molar-refractivity contribution is -0.121. The lowest BCUT2D eigenvalue weighted by Crippen LogP contribution is -2.28. The van der Waals surface area contributed by atoms with Crippen LogP contribution in [0.4, 0.5) is 0 Å². The molecule has 1 rings (SSSR count). The number of benzene rings is 1. The summed E-state index contributed by atoms with van der Waals surface area (Å²) in [4.78, 5) is 11.5. The first-order valence-electron chi connectivity index (χ1n) is 6.70. The largest absolute Gasteiger partial charge is 0.356 e. The van der Waals surface area contributed by atoms with Crippen LogP contribution in [0.1, 0.15) is 30.9 Å². The van der Waals surface area contributed by atoms with Gasteiger partial charge in [-0.15, -0.1) is 0 Å². The van der Waals surface area contributed by atoms with Crippen LogP contribution in [0.25, 0.3) is 0 Å². The first-order chi connectivity index (χ1) is 9.36. The van der Waals surface area contributed by atoms with E-state index < -0.39 is 10.0 Å². The molecule has 0 saturated carbocycles. The minimum atomic E-state index is -3.51. The number of carbonyl (C=O) groups excluding carboxylic acids is 1. The van der Waals surface area contributed by atoms with Gasteiger partial charge in [-0.2, -0.15) is 0 Å². The van der Waals surface area contributed by atoms with Crippen LogP contribution in [-0.4, -0.2) is 27.4 Å². The average molecular weight is 298 g/mol. The Bertz CT molecular complexity index is 568. The van der Waals surface area contributed by atoms with Gasteiger partial charge in [0.25, 0.3) is 0 Å². The monoisotopic (exact) mass is 298 g/mol. The summed E-state index contributed by atoms with van der Waals surface area (Å²) in [7, 11) is -3.51. The Morgan fingerprint density at radius 2 is 1.95 bits per heavy atom. The molecule has 20 heavy (non-hydrogen) atoms. The highest BCUT2D eigenvalue weighted by atomic mass is 32.2. The fraction of sp³-hybridized carbons (Fsp3) is 0.500. The van der Waals surface area contributed by atoms with Crippen molar-refractivity contribution in [3.8, 4) is 0 Å². The van der Waals surface area contributed by atoms with E-state index in [0.717, 1.165) is 5.56 Å². The Balaban J connectivity index is 2.58. The van der Waals surface area contributed by atoms with Crippen molar-refractivity contribution < 1.29 is 13.2 Å². The number of aryl methyl sites for hydroxylation is 2. The quantitative estimate of drug-likeness (QED) is 0.749. The first-order valence-corrected chi connectivity index (χ1v) is 8.18. The molecule has 1 amide bonds. The number of sulfonamides is 1. The van der Waals surface area contributed by atoms with Gasteiger partial charge in [-0.3, -0.25) is 4.79 Å². The molecule has 1 aromatic carbocycles. The van der Waals surface area contributed by atoms with E-state index in [0.29, 0.717) is 29.8 Å². The Labute approximate surface area is 120 Å². The van der Waals surface area contributed by atoms with Crippen LogP contribution in [0, 0.1) is 13.8 Å². The molecular weight excluding hydrogens is 276 g/mol. The molecule has 112 valence electrons. The fourth-order valence-corrected chi connectivity index (χ4v) is 3.22. The van der Waals surface area contributed by atoms with Gasteiger partial charge in [-0.1, -0.05) is 12.1 Å². The molecule has 0 aliphatic rings. The molecule has 0 radical (unpaired) electrons. The maximum absolute atomic E-state index is 12.2. The van der Waals surface area contributed by atoms with E-state index in [4.69, 9.17) is 0 Å². The van der Waals surface area contributed by atoms with Gasteiger partial charge in [-0.05, 0) is 44.4 Å². The zero-order valence-corrected chi connectivity index (χ0v) is 13.0. The molecule has 0 fully saturated rings. The van der Waals surface area contributed by atoms with E-state index in [1.54, 1.807) is 19.1 Å². The smallest absolute Gasteiger partial charge is 0.240 e. The maximum atomic E-state index is 12.2. The maximum Gasteiger partial charge on any atom is 0.240 e. The van der Waals surface area contributed by atoms with E-state index in [2.05, 4.69) is 10.0 Å².